The van der Waals surface area contributed by atoms with Gasteiger partial charge in [0.05, 0.1) is 6.04 Å². The van der Waals surface area contributed by atoms with E-state index in [-0.39, 0.29) is 6.04 Å². The summed E-state index contributed by atoms with van der Waals surface area (Å²) in [5.41, 5.74) is 4.89. The third-order valence-corrected chi connectivity index (χ3v) is 5.25. The SMILES string of the molecule is C#CC(=O)N1[C@@H](c2cc(F)cc(F)c2)C2=C(C[C@@H]1C)c1ccccc1C2. The van der Waals surface area contributed by atoms with Gasteiger partial charge in [0.2, 0.25) is 0 Å². The molecule has 1 heterocycles. The van der Waals surface area contributed by atoms with Crippen LogP contribution in [0.15, 0.2) is 48.0 Å². The molecule has 0 N–H and O–H groups in total. The molecule has 0 fully saturated rings. The zero-order valence-corrected chi connectivity index (χ0v) is 14.3. The Labute approximate surface area is 151 Å². The minimum Gasteiger partial charge on any atom is -0.318 e. The Morgan fingerprint density at radius 3 is 2.58 bits per heavy atom. The number of carbonyl (C=O) groups is 1. The van der Waals surface area contributed by atoms with E-state index in [4.69, 9.17) is 6.42 Å². The molecule has 2 nitrogen and oxygen atoms in total. The molecule has 4 rings (SSSR count). The van der Waals surface area contributed by atoms with Crippen LogP contribution in [0.5, 0.6) is 0 Å². The molecule has 0 bridgehead atoms. The first-order chi connectivity index (χ1) is 12.5. The normalized spacial score (nSPS) is 21.2. The molecule has 1 aliphatic heterocycles. The Bertz CT molecular complexity index is 966. The van der Waals surface area contributed by atoms with Crippen molar-refractivity contribution in [1.82, 2.24) is 4.90 Å². The van der Waals surface area contributed by atoms with Crippen LogP contribution in [-0.4, -0.2) is 16.8 Å². The molecular weight excluding hydrogens is 332 g/mol. The molecule has 1 amide bonds. The van der Waals surface area contributed by atoms with Crippen molar-refractivity contribution >= 4 is 11.5 Å². The largest absolute Gasteiger partial charge is 0.318 e. The van der Waals surface area contributed by atoms with Gasteiger partial charge in [-0.2, -0.15) is 0 Å². The van der Waals surface area contributed by atoms with E-state index in [1.54, 1.807) is 4.90 Å². The number of fused-ring (bicyclic) bond motifs is 2. The van der Waals surface area contributed by atoms with Gasteiger partial charge in [0, 0.05) is 12.1 Å². The standard InChI is InChI=1S/C22H17F2NO/c1-3-21(26)25-13(2)8-19-18-7-5-4-6-14(18)11-20(19)22(25)15-9-16(23)12-17(24)10-15/h1,4-7,9-10,12-13,22H,8,11H2,2H3/t13-,22-/m0/s1. The van der Waals surface area contributed by atoms with Crippen molar-refractivity contribution in [3.8, 4) is 12.3 Å². The highest BCUT2D eigenvalue weighted by Gasteiger charge is 2.40. The second-order valence-electron chi connectivity index (χ2n) is 6.85. The van der Waals surface area contributed by atoms with Crippen molar-refractivity contribution < 1.29 is 13.6 Å². The highest BCUT2D eigenvalue weighted by atomic mass is 19.1. The first kappa shape index (κ1) is 16.5. The number of hydrogen-bond donors (Lipinski definition) is 0. The molecule has 26 heavy (non-hydrogen) atoms. The molecule has 0 radical (unpaired) electrons. The summed E-state index contributed by atoms with van der Waals surface area (Å²) >= 11 is 0. The minimum atomic E-state index is -0.663. The van der Waals surface area contributed by atoms with Gasteiger partial charge >= 0.3 is 0 Å². The smallest absolute Gasteiger partial charge is 0.299 e. The van der Waals surface area contributed by atoms with Crippen molar-refractivity contribution in [3.05, 3.63) is 76.4 Å². The Balaban J connectivity index is 1.92. The topological polar surface area (TPSA) is 20.3 Å². The number of amides is 1. The van der Waals surface area contributed by atoms with Crippen molar-refractivity contribution in [3.63, 3.8) is 0 Å². The quantitative estimate of drug-likeness (QED) is 0.704. The molecule has 2 aromatic rings. The van der Waals surface area contributed by atoms with Gasteiger partial charge in [-0.05, 0) is 65.7 Å². The van der Waals surface area contributed by atoms with E-state index >= 15 is 0 Å². The van der Waals surface area contributed by atoms with Crippen LogP contribution in [0.25, 0.3) is 5.57 Å². The predicted octanol–water partition coefficient (Wildman–Crippen LogP) is 4.27. The lowest BCUT2D eigenvalue weighted by Crippen LogP contribution is -2.44. The van der Waals surface area contributed by atoms with Crippen LogP contribution < -0.4 is 0 Å². The maximum absolute atomic E-state index is 13.9. The molecule has 130 valence electrons. The summed E-state index contributed by atoms with van der Waals surface area (Å²) in [5, 5.41) is 0. The molecule has 2 atom stereocenters. The first-order valence-corrected chi connectivity index (χ1v) is 8.54. The lowest BCUT2D eigenvalue weighted by molar-refractivity contribution is -0.129. The molecule has 0 spiro atoms. The van der Waals surface area contributed by atoms with Gasteiger partial charge in [-0.25, -0.2) is 8.78 Å². The Kier molecular flexibility index (Phi) is 3.88. The average molecular weight is 349 g/mol. The highest BCUT2D eigenvalue weighted by molar-refractivity contribution is 5.95. The fraction of sp³-hybridized carbons (Fsp3) is 0.227. The molecule has 1 aliphatic carbocycles. The van der Waals surface area contributed by atoms with E-state index in [1.807, 2.05) is 19.1 Å². The monoisotopic (exact) mass is 349 g/mol. The van der Waals surface area contributed by atoms with Crippen LogP contribution in [0, 0.1) is 24.0 Å². The fourth-order valence-electron chi connectivity index (χ4n) is 4.26. The van der Waals surface area contributed by atoms with Crippen molar-refractivity contribution in [1.29, 1.82) is 0 Å². The van der Waals surface area contributed by atoms with E-state index < -0.39 is 23.6 Å². The van der Waals surface area contributed by atoms with Gasteiger partial charge < -0.3 is 4.90 Å². The Morgan fingerprint density at radius 1 is 1.19 bits per heavy atom. The molecule has 2 aliphatic rings. The molecular formula is C22H17F2NO. The van der Waals surface area contributed by atoms with E-state index in [9.17, 15) is 13.6 Å². The Hall–Kier alpha value is -2.93. The summed E-state index contributed by atoms with van der Waals surface area (Å²) in [4.78, 5) is 14.1. The third-order valence-electron chi connectivity index (χ3n) is 5.25. The van der Waals surface area contributed by atoms with Crippen LogP contribution in [0.1, 0.15) is 36.1 Å². The summed E-state index contributed by atoms with van der Waals surface area (Å²) in [6.07, 6.45) is 6.70. The number of halogens is 2. The molecule has 0 aromatic heterocycles. The third kappa shape index (κ3) is 2.52. The predicted molar refractivity (Wildman–Crippen MR) is 95.9 cm³/mol. The van der Waals surface area contributed by atoms with Crippen LogP contribution in [0.4, 0.5) is 8.78 Å². The lowest BCUT2D eigenvalue weighted by Gasteiger charge is -2.41. The van der Waals surface area contributed by atoms with Crippen LogP contribution in [-0.2, 0) is 11.2 Å². The highest BCUT2D eigenvalue weighted by Crippen LogP contribution is 2.48. The van der Waals surface area contributed by atoms with E-state index in [2.05, 4.69) is 18.1 Å². The molecule has 0 saturated carbocycles. The molecule has 0 saturated heterocycles. The number of terminal acetylenes is 1. The first-order valence-electron chi connectivity index (χ1n) is 8.54. The number of hydrogen-bond acceptors (Lipinski definition) is 1. The van der Waals surface area contributed by atoms with Crippen molar-refractivity contribution in [2.24, 2.45) is 0 Å². The summed E-state index contributed by atoms with van der Waals surface area (Å²) < 4.78 is 27.8. The maximum Gasteiger partial charge on any atom is 0.299 e. The minimum absolute atomic E-state index is 0.167. The number of rotatable bonds is 1. The van der Waals surface area contributed by atoms with Crippen molar-refractivity contribution in [2.45, 2.75) is 31.8 Å². The van der Waals surface area contributed by atoms with Gasteiger partial charge in [0.25, 0.3) is 5.91 Å². The number of carbonyl (C=O) groups excluding carboxylic acids is 1. The van der Waals surface area contributed by atoms with Crippen LogP contribution in [0.3, 0.4) is 0 Å². The van der Waals surface area contributed by atoms with Crippen LogP contribution >= 0.6 is 0 Å². The van der Waals surface area contributed by atoms with Crippen LogP contribution in [0.2, 0.25) is 0 Å². The van der Waals surface area contributed by atoms with E-state index in [0.29, 0.717) is 18.4 Å². The summed E-state index contributed by atoms with van der Waals surface area (Å²) in [6.45, 7) is 1.92. The van der Waals surface area contributed by atoms with Gasteiger partial charge in [-0.3, -0.25) is 4.79 Å². The van der Waals surface area contributed by atoms with E-state index in [1.165, 1.54) is 17.7 Å². The Morgan fingerprint density at radius 2 is 1.88 bits per heavy atom. The maximum atomic E-state index is 13.9. The van der Waals surface area contributed by atoms with Gasteiger partial charge in [0.15, 0.2) is 0 Å². The van der Waals surface area contributed by atoms with Gasteiger partial charge in [-0.1, -0.05) is 24.3 Å². The zero-order chi connectivity index (χ0) is 18.4. The summed E-state index contributed by atoms with van der Waals surface area (Å²) in [5.74, 6) is 0.383. The van der Waals surface area contributed by atoms with Gasteiger partial charge in [0.1, 0.15) is 11.6 Å². The molecule has 0 unspecified atom stereocenters. The second kappa shape index (κ2) is 6.10. The number of benzene rings is 2. The molecule has 4 heteroatoms. The van der Waals surface area contributed by atoms with E-state index in [0.717, 1.165) is 22.8 Å². The van der Waals surface area contributed by atoms with Crippen molar-refractivity contribution in [2.75, 3.05) is 0 Å². The van der Waals surface area contributed by atoms with Gasteiger partial charge in [-0.15, -0.1) is 6.42 Å². The number of nitrogens with zero attached hydrogens (tertiary/aromatic N) is 1. The average Bonchev–Trinajstić information content (AvgIpc) is 2.97. The summed E-state index contributed by atoms with van der Waals surface area (Å²) in [7, 11) is 0. The zero-order valence-electron chi connectivity index (χ0n) is 14.3. The lowest BCUT2D eigenvalue weighted by atomic mass is 9.85. The molecule has 2 aromatic carbocycles. The second-order valence-corrected chi connectivity index (χ2v) is 6.85. The summed E-state index contributed by atoms with van der Waals surface area (Å²) in [6, 6.07) is 10.8. The fourth-order valence-corrected chi connectivity index (χ4v) is 4.26.